The van der Waals surface area contributed by atoms with Crippen LogP contribution in [0.5, 0.6) is 5.75 Å². The molecule has 1 rings (SSSR count). The van der Waals surface area contributed by atoms with Crippen LogP contribution >= 0.6 is 15.9 Å². The lowest BCUT2D eigenvalue weighted by atomic mass is 10.1. The van der Waals surface area contributed by atoms with E-state index in [4.69, 9.17) is 4.74 Å². The lowest BCUT2D eigenvalue weighted by Crippen LogP contribution is -2.03. The topological polar surface area (TPSA) is 55.6 Å². The second kappa shape index (κ2) is 5.81. The van der Waals surface area contributed by atoms with Gasteiger partial charge in [-0.3, -0.25) is 10.1 Å². The molecule has 0 unspecified atom stereocenters. The van der Waals surface area contributed by atoms with Crippen molar-refractivity contribution in [2.24, 2.45) is 0 Å². The minimum absolute atomic E-state index is 0.000180. The van der Waals surface area contributed by atoms with E-state index in [1.807, 2.05) is 0 Å². The number of rotatable bonds is 4. The Labute approximate surface area is 112 Å². The molecule has 0 fully saturated rings. The lowest BCUT2D eigenvalue weighted by molar-refractivity contribution is -0.386. The molecule has 0 aliphatic rings. The summed E-state index contributed by atoms with van der Waals surface area (Å²) < 4.78 is 18.9. The zero-order valence-corrected chi connectivity index (χ0v) is 11.7. The average Bonchev–Trinajstić information content (AvgIpc) is 2.26. The Bertz CT molecular complexity index is 504. The third-order valence-corrected chi connectivity index (χ3v) is 2.71. The van der Waals surface area contributed by atoms with Crippen molar-refractivity contribution in [1.29, 1.82) is 0 Å². The number of methoxy groups -OCH3 is 1. The van der Waals surface area contributed by atoms with E-state index in [0.29, 0.717) is 0 Å². The highest BCUT2D eigenvalue weighted by Gasteiger charge is 2.26. The van der Waals surface area contributed by atoms with Crippen LogP contribution in [-0.4, -0.2) is 31.0 Å². The summed E-state index contributed by atoms with van der Waals surface area (Å²) in [5.41, 5.74) is -0.517. The highest BCUT2D eigenvalue weighted by atomic mass is 79.9. The molecule has 0 bridgehead atoms. The van der Waals surface area contributed by atoms with Gasteiger partial charge in [-0.05, 0) is 34.3 Å². The monoisotopic (exact) mass is 318 g/mol. The molecule has 0 aromatic heterocycles. The normalized spacial score (nSPS) is 10.7. The molecule has 5 nitrogen and oxygen atoms in total. The van der Waals surface area contributed by atoms with Gasteiger partial charge in [-0.25, -0.2) is 4.39 Å². The van der Waals surface area contributed by atoms with E-state index in [1.165, 1.54) is 19.4 Å². The van der Waals surface area contributed by atoms with Crippen LogP contribution in [0.4, 0.5) is 10.1 Å². The number of benzene rings is 1. The number of hydrogen-bond acceptors (Lipinski definition) is 4. The molecule has 18 heavy (non-hydrogen) atoms. The van der Waals surface area contributed by atoms with E-state index in [0.717, 1.165) is 6.07 Å². The van der Waals surface area contributed by atoms with Crippen LogP contribution in [0, 0.1) is 15.9 Å². The largest absolute Gasteiger partial charge is 0.489 e. The van der Waals surface area contributed by atoms with Gasteiger partial charge in [0.05, 0.1) is 22.1 Å². The molecule has 1 aromatic carbocycles. The molecule has 0 saturated carbocycles. The Morgan fingerprint density at radius 1 is 1.56 bits per heavy atom. The number of halogens is 2. The van der Waals surface area contributed by atoms with Crippen molar-refractivity contribution >= 4 is 27.7 Å². The maximum atomic E-state index is 13.8. The van der Waals surface area contributed by atoms with Gasteiger partial charge in [-0.1, -0.05) is 0 Å². The summed E-state index contributed by atoms with van der Waals surface area (Å²) in [5.74, 6) is -0.688. The molecule has 98 valence electrons. The molecule has 1 aromatic rings. The third-order valence-electron chi connectivity index (χ3n) is 2.12. The fourth-order valence-corrected chi connectivity index (χ4v) is 1.91. The maximum absolute atomic E-state index is 13.8. The van der Waals surface area contributed by atoms with Crippen LogP contribution in [0.2, 0.25) is 0 Å². The summed E-state index contributed by atoms with van der Waals surface area (Å²) in [5, 5.41) is 11.0. The molecule has 0 radical (unpaired) electrons. The van der Waals surface area contributed by atoms with E-state index < -0.39 is 16.4 Å². The number of nitro benzene ring substituents is 1. The first-order valence-electron chi connectivity index (χ1n) is 4.93. The first-order valence-corrected chi connectivity index (χ1v) is 5.72. The van der Waals surface area contributed by atoms with Crippen molar-refractivity contribution in [3.8, 4) is 5.75 Å². The highest BCUT2D eigenvalue weighted by Crippen LogP contribution is 2.39. The second-order valence-corrected chi connectivity index (χ2v) is 4.53. The van der Waals surface area contributed by atoms with Gasteiger partial charge in [0.15, 0.2) is 0 Å². The van der Waals surface area contributed by atoms with Crippen molar-refractivity contribution in [2.45, 2.75) is 0 Å². The molecule has 0 spiro atoms. The standard InChI is InChI=1S/C11H12BrFN2O3/c1-14(2)5-4-7-9(13)6-8(12)11(18-3)10(7)15(16)17/h4-6H,1-3H3. The summed E-state index contributed by atoms with van der Waals surface area (Å²) in [4.78, 5) is 12.0. The zero-order chi connectivity index (χ0) is 13.9. The van der Waals surface area contributed by atoms with Gasteiger partial charge in [0.1, 0.15) is 5.82 Å². The van der Waals surface area contributed by atoms with Crippen LogP contribution < -0.4 is 4.74 Å². The van der Waals surface area contributed by atoms with Gasteiger partial charge in [0, 0.05) is 14.1 Å². The van der Waals surface area contributed by atoms with Gasteiger partial charge in [0.25, 0.3) is 0 Å². The predicted octanol–water partition coefficient (Wildman–Crippen LogP) is 3.04. The van der Waals surface area contributed by atoms with E-state index in [1.54, 1.807) is 19.0 Å². The lowest BCUT2D eigenvalue weighted by Gasteiger charge is -2.09. The summed E-state index contributed by atoms with van der Waals surface area (Å²) in [6.45, 7) is 0. The minimum Gasteiger partial charge on any atom is -0.489 e. The smallest absolute Gasteiger partial charge is 0.322 e. The van der Waals surface area contributed by atoms with Crippen molar-refractivity contribution < 1.29 is 14.1 Å². The summed E-state index contributed by atoms with van der Waals surface area (Å²) in [7, 11) is 4.76. The molecular formula is C11H12BrFN2O3. The zero-order valence-electron chi connectivity index (χ0n) is 10.1. The molecule has 0 amide bonds. The van der Waals surface area contributed by atoms with Crippen molar-refractivity contribution in [1.82, 2.24) is 4.90 Å². The first kappa shape index (κ1) is 14.4. The Morgan fingerprint density at radius 2 is 2.17 bits per heavy atom. The Morgan fingerprint density at radius 3 is 2.61 bits per heavy atom. The van der Waals surface area contributed by atoms with Crippen LogP contribution in [0.25, 0.3) is 6.08 Å². The van der Waals surface area contributed by atoms with Gasteiger partial charge in [0.2, 0.25) is 5.75 Å². The van der Waals surface area contributed by atoms with Crippen LogP contribution in [0.15, 0.2) is 16.7 Å². The SMILES string of the molecule is COc1c(Br)cc(F)c(C=CN(C)C)c1[N+](=O)[O-]. The van der Waals surface area contributed by atoms with E-state index in [9.17, 15) is 14.5 Å². The predicted molar refractivity (Wildman–Crippen MR) is 70.0 cm³/mol. The van der Waals surface area contributed by atoms with Crippen molar-refractivity contribution in [2.75, 3.05) is 21.2 Å². The van der Waals surface area contributed by atoms with Gasteiger partial charge in [-0.2, -0.15) is 0 Å². The van der Waals surface area contributed by atoms with Crippen molar-refractivity contribution in [3.63, 3.8) is 0 Å². The Kier molecular flexibility index (Phi) is 4.66. The maximum Gasteiger partial charge on any atom is 0.322 e. The highest BCUT2D eigenvalue weighted by molar-refractivity contribution is 9.10. The van der Waals surface area contributed by atoms with E-state index in [2.05, 4.69) is 15.9 Å². The molecular weight excluding hydrogens is 307 g/mol. The average molecular weight is 319 g/mol. The van der Waals surface area contributed by atoms with Gasteiger partial charge >= 0.3 is 5.69 Å². The number of hydrogen-bond donors (Lipinski definition) is 0. The quantitative estimate of drug-likeness (QED) is 0.632. The number of nitrogens with zero attached hydrogens (tertiary/aromatic N) is 2. The van der Waals surface area contributed by atoms with Gasteiger partial charge < -0.3 is 9.64 Å². The Balaban J connectivity index is 3.52. The third kappa shape index (κ3) is 2.98. The Hall–Kier alpha value is -1.63. The number of nitro groups is 1. The summed E-state index contributed by atoms with van der Waals surface area (Å²) >= 11 is 3.04. The van der Waals surface area contributed by atoms with Gasteiger partial charge in [-0.15, -0.1) is 0 Å². The minimum atomic E-state index is -0.688. The second-order valence-electron chi connectivity index (χ2n) is 3.67. The molecule has 0 N–H and O–H groups in total. The summed E-state index contributed by atoms with van der Waals surface area (Å²) in [6, 6.07) is 1.14. The fourth-order valence-electron chi connectivity index (χ4n) is 1.36. The van der Waals surface area contributed by atoms with Crippen molar-refractivity contribution in [3.05, 3.63) is 38.2 Å². The molecule has 0 heterocycles. The molecule has 0 aliphatic carbocycles. The summed E-state index contributed by atoms with van der Waals surface area (Å²) in [6.07, 6.45) is 2.86. The van der Waals surface area contributed by atoms with E-state index >= 15 is 0 Å². The number of ether oxygens (including phenoxy) is 1. The van der Waals surface area contributed by atoms with Crippen LogP contribution in [0.3, 0.4) is 0 Å². The molecule has 0 saturated heterocycles. The van der Waals surface area contributed by atoms with Crippen LogP contribution in [-0.2, 0) is 0 Å². The first-order chi connectivity index (χ1) is 8.38. The van der Waals surface area contributed by atoms with Crippen LogP contribution in [0.1, 0.15) is 5.56 Å². The molecule has 0 atom stereocenters. The molecule has 7 heteroatoms. The van der Waals surface area contributed by atoms with E-state index in [-0.39, 0.29) is 15.8 Å². The molecule has 0 aliphatic heterocycles. The fraction of sp³-hybridized carbons (Fsp3) is 0.273.